The maximum absolute atomic E-state index is 12.6. The molecule has 0 saturated carbocycles. The molecule has 0 N–H and O–H groups in total. The molecule has 3 rings (SSSR count). The second kappa shape index (κ2) is 9.37. The summed E-state index contributed by atoms with van der Waals surface area (Å²) in [6.45, 7) is 5.84. The van der Waals surface area contributed by atoms with Gasteiger partial charge in [0.25, 0.3) is 5.91 Å². The van der Waals surface area contributed by atoms with Crippen molar-refractivity contribution in [2.75, 3.05) is 30.3 Å². The first-order chi connectivity index (χ1) is 13.2. The summed E-state index contributed by atoms with van der Waals surface area (Å²) in [5.41, 5.74) is 1.45. The molecule has 0 aliphatic carbocycles. The van der Waals surface area contributed by atoms with Crippen LogP contribution in [-0.2, 0) is 4.79 Å². The summed E-state index contributed by atoms with van der Waals surface area (Å²) < 4.78 is 0. The Bertz CT molecular complexity index is 787. The minimum atomic E-state index is -0.00915. The first kappa shape index (κ1) is 19.2. The van der Waals surface area contributed by atoms with Gasteiger partial charge in [-0.15, -0.1) is 6.58 Å². The number of thioether (sulfide) groups is 1. The van der Waals surface area contributed by atoms with E-state index in [1.165, 1.54) is 11.8 Å². The molecule has 1 aliphatic heterocycles. The van der Waals surface area contributed by atoms with Crippen molar-refractivity contribution in [2.45, 2.75) is 17.9 Å². The number of hydrogen-bond acceptors (Lipinski definition) is 4. The molecule has 0 radical (unpaired) electrons. The van der Waals surface area contributed by atoms with Crippen molar-refractivity contribution >= 4 is 29.3 Å². The van der Waals surface area contributed by atoms with E-state index in [0.29, 0.717) is 12.1 Å². The molecule has 0 spiro atoms. The van der Waals surface area contributed by atoms with Crippen LogP contribution in [-0.4, -0.2) is 47.1 Å². The van der Waals surface area contributed by atoms with Crippen LogP contribution in [0.4, 0.5) is 5.69 Å². The normalized spacial score (nSPS) is 13.4. The second-order valence-corrected chi connectivity index (χ2v) is 7.30. The molecule has 140 valence electrons. The zero-order valence-electron chi connectivity index (χ0n) is 15.2. The number of carbonyl (C=O) groups is 2. The number of benzene rings is 1. The van der Waals surface area contributed by atoms with E-state index < -0.39 is 0 Å². The lowest BCUT2D eigenvalue weighted by atomic mass is 10.2. The highest BCUT2D eigenvalue weighted by molar-refractivity contribution is 7.99. The predicted octanol–water partition coefficient (Wildman–Crippen LogP) is 3.63. The van der Waals surface area contributed by atoms with Crippen LogP contribution < -0.4 is 4.90 Å². The van der Waals surface area contributed by atoms with E-state index in [1.807, 2.05) is 41.3 Å². The number of likely N-dealkylation sites (tertiary alicyclic amines) is 1. The third kappa shape index (κ3) is 4.98. The summed E-state index contributed by atoms with van der Waals surface area (Å²) in [6, 6.07) is 13.1. The highest BCUT2D eigenvalue weighted by Crippen LogP contribution is 2.20. The maximum Gasteiger partial charge on any atom is 0.255 e. The molecule has 2 heterocycles. The summed E-state index contributed by atoms with van der Waals surface area (Å²) in [5, 5.41) is 0.730. The molecule has 2 aromatic rings. The first-order valence-electron chi connectivity index (χ1n) is 9.03. The van der Waals surface area contributed by atoms with Crippen LogP contribution in [0, 0.1) is 0 Å². The minimum absolute atomic E-state index is 0.00915. The van der Waals surface area contributed by atoms with Gasteiger partial charge in [-0.3, -0.25) is 9.59 Å². The van der Waals surface area contributed by atoms with E-state index in [9.17, 15) is 9.59 Å². The lowest BCUT2D eigenvalue weighted by molar-refractivity contribution is -0.116. The number of amides is 2. The van der Waals surface area contributed by atoms with Crippen LogP contribution in [0.5, 0.6) is 0 Å². The fourth-order valence-electron chi connectivity index (χ4n) is 3.00. The van der Waals surface area contributed by atoms with Gasteiger partial charge in [-0.05, 0) is 37.1 Å². The van der Waals surface area contributed by atoms with E-state index >= 15 is 0 Å². The fraction of sp³-hybridized carbons (Fsp3) is 0.286. The molecule has 27 heavy (non-hydrogen) atoms. The number of anilines is 1. The summed E-state index contributed by atoms with van der Waals surface area (Å²) in [5.74, 6) is 0.300. The van der Waals surface area contributed by atoms with Crippen LogP contribution in [0.2, 0.25) is 0 Å². The predicted molar refractivity (Wildman–Crippen MR) is 109 cm³/mol. The SMILES string of the molecule is C=CCN(C(=O)CSc1ccc(C(=O)N2CCCC2)cn1)c1ccccc1. The lowest BCUT2D eigenvalue weighted by Gasteiger charge is -2.21. The molecular weight excluding hydrogens is 358 g/mol. The van der Waals surface area contributed by atoms with Gasteiger partial charge in [0.15, 0.2) is 0 Å². The van der Waals surface area contributed by atoms with Gasteiger partial charge in [0, 0.05) is 31.5 Å². The van der Waals surface area contributed by atoms with E-state index in [1.54, 1.807) is 23.2 Å². The Kier molecular flexibility index (Phi) is 6.65. The average molecular weight is 382 g/mol. The van der Waals surface area contributed by atoms with Crippen LogP contribution >= 0.6 is 11.8 Å². The zero-order valence-corrected chi connectivity index (χ0v) is 16.0. The highest BCUT2D eigenvalue weighted by Gasteiger charge is 2.20. The molecule has 1 aliphatic rings. The molecule has 0 unspecified atom stereocenters. The molecular formula is C21H23N3O2S. The standard InChI is InChI=1S/C21H23N3O2S/c1-2-12-24(18-8-4-3-5-9-18)20(25)16-27-19-11-10-17(15-22-19)21(26)23-13-6-7-14-23/h2-5,8-11,15H,1,6-7,12-14,16H2. The highest BCUT2D eigenvalue weighted by atomic mass is 32.2. The summed E-state index contributed by atoms with van der Waals surface area (Å²) in [6.07, 6.45) is 5.45. The number of nitrogens with zero attached hydrogens (tertiary/aromatic N) is 3. The fourth-order valence-corrected chi connectivity index (χ4v) is 3.72. The van der Waals surface area contributed by atoms with Crippen molar-refractivity contribution < 1.29 is 9.59 Å². The Hall–Kier alpha value is -2.60. The Balaban J connectivity index is 1.59. The third-order valence-electron chi connectivity index (χ3n) is 4.40. The summed E-state index contributed by atoms with van der Waals surface area (Å²) in [7, 11) is 0. The molecule has 5 nitrogen and oxygen atoms in total. The van der Waals surface area contributed by atoms with E-state index in [2.05, 4.69) is 11.6 Å². The van der Waals surface area contributed by atoms with Crippen LogP contribution in [0.15, 0.2) is 66.3 Å². The Morgan fingerprint density at radius 3 is 2.52 bits per heavy atom. The van der Waals surface area contributed by atoms with E-state index in [4.69, 9.17) is 0 Å². The molecule has 1 aromatic heterocycles. The van der Waals surface area contributed by atoms with Crippen LogP contribution in [0.1, 0.15) is 23.2 Å². The van der Waals surface area contributed by atoms with Gasteiger partial charge >= 0.3 is 0 Å². The van der Waals surface area contributed by atoms with Crippen molar-refractivity contribution in [1.82, 2.24) is 9.88 Å². The van der Waals surface area contributed by atoms with Gasteiger partial charge in [0.2, 0.25) is 5.91 Å². The second-order valence-electron chi connectivity index (χ2n) is 6.30. The number of carbonyl (C=O) groups excluding carboxylic acids is 2. The average Bonchev–Trinajstić information content (AvgIpc) is 3.25. The lowest BCUT2D eigenvalue weighted by Crippen LogP contribution is -2.32. The van der Waals surface area contributed by atoms with Gasteiger partial charge in [0.05, 0.1) is 16.3 Å². The van der Waals surface area contributed by atoms with Crippen molar-refractivity contribution in [1.29, 1.82) is 0 Å². The molecule has 0 bridgehead atoms. The quantitative estimate of drug-likeness (QED) is 0.543. The van der Waals surface area contributed by atoms with Crippen molar-refractivity contribution in [3.63, 3.8) is 0 Å². The zero-order chi connectivity index (χ0) is 19.1. The molecule has 6 heteroatoms. The third-order valence-corrected chi connectivity index (χ3v) is 5.33. The van der Waals surface area contributed by atoms with Crippen LogP contribution in [0.3, 0.4) is 0 Å². The van der Waals surface area contributed by atoms with E-state index in [-0.39, 0.29) is 17.6 Å². The topological polar surface area (TPSA) is 53.5 Å². The summed E-state index contributed by atoms with van der Waals surface area (Å²) in [4.78, 5) is 32.9. The van der Waals surface area contributed by atoms with Gasteiger partial charge in [-0.2, -0.15) is 0 Å². The molecule has 1 saturated heterocycles. The molecule has 2 amide bonds. The number of para-hydroxylation sites is 1. The van der Waals surface area contributed by atoms with Crippen molar-refractivity contribution in [3.8, 4) is 0 Å². The maximum atomic E-state index is 12.6. The molecule has 1 fully saturated rings. The first-order valence-corrected chi connectivity index (χ1v) is 10.0. The minimum Gasteiger partial charge on any atom is -0.339 e. The number of aromatic nitrogens is 1. The largest absolute Gasteiger partial charge is 0.339 e. The van der Waals surface area contributed by atoms with Gasteiger partial charge in [-0.25, -0.2) is 4.98 Å². The number of hydrogen-bond donors (Lipinski definition) is 0. The number of rotatable bonds is 7. The smallest absolute Gasteiger partial charge is 0.255 e. The Labute approximate surface area is 164 Å². The Morgan fingerprint density at radius 2 is 1.89 bits per heavy atom. The van der Waals surface area contributed by atoms with Gasteiger partial charge in [-0.1, -0.05) is 36.0 Å². The van der Waals surface area contributed by atoms with Gasteiger partial charge < -0.3 is 9.80 Å². The van der Waals surface area contributed by atoms with Crippen LogP contribution in [0.25, 0.3) is 0 Å². The summed E-state index contributed by atoms with van der Waals surface area (Å²) >= 11 is 1.37. The molecule has 1 aromatic carbocycles. The molecule has 0 atom stereocenters. The van der Waals surface area contributed by atoms with Gasteiger partial charge in [0.1, 0.15) is 0 Å². The number of pyridine rings is 1. The monoisotopic (exact) mass is 381 g/mol. The van der Waals surface area contributed by atoms with E-state index in [0.717, 1.165) is 36.6 Å². The van der Waals surface area contributed by atoms with Crippen molar-refractivity contribution in [3.05, 3.63) is 66.9 Å². The van der Waals surface area contributed by atoms with Crippen molar-refractivity contribution in [2.24, 2.45) is 0 Å². The Morgan fingerprint density at radius 1 is 1.15 bits per heavy atom.